The van der Waals surface area contributed by atoms with Crippen molar-refractivity contribution in [1.82, 2.24) is 9.29 Å². The molecule has 3 aromatic rings. The fraction of sp³-hybridized carbons (Fsp3) is 0.158. The van der Waals surface area contributed by atoms with E-state index in [1.165, 1.54) is 38.1 Å². The molecule has 8 heteroatoms. The quantitative estimate of drug-likeness (QED) is 0.642. The summed E-state index contributed by atoms with van der Waals surface area (Å²) in [4.78, 5) is 16.4. The van der Waals surface area contributed by atoms with E-state index in [2.05, 4.69) is 10.3 Å². The van der Waals surface area contributed by atoms with Gasteiger partial charge in [-0.15, -0.1) is 0 Å². The maximum Gasteiger partial charge on any atom is 0.244 e. The van der Waals surface area contributed by atoms with Gasteiger partial charge in [0.1, 0.15) is 4.90 Å². The Bertz CT molecular complexity index is 1070. The molecule has 140 valence electrons. The van der Waals surface area contributed by atoms with Crippen molar-refractivity contribution in [3.8, 4) is 0 Å². The van der Waals surface area contributed by atoms with Crippen LogP contribution in [0, 0.1) is 0 Å². The largest absolute Gasteiger partial charge is 0.325 e. The van der Waals surface area contributed by atoms with E-state index in [-0.39, 0.29) is 16.6 Å². The summed E-state index contributed by atoms with van der Waals surface area (Å²) in [6.45, 7) is 0. The molecule has 0 aliphatic rings. The minimum absolute atomic E-state index is 0.123. The van der Waals surface area contributed by atoms with E-state index in [1.54, 1.807) is 6.07 Å². The molecule has 0 saturated carbocycles. The van der Waals surface area contributed by atoms with Gasteiger partial charge in [0, 0.05) is 26.0 Å². The minimum Gasteiger partial charge on any atom is -0.325 e. The number of nitrogens with one attached hydrogen (secondary N) is 1. The third-order valence-electron chi connectivity index (χ3n) is 3.87. The zero-order valence-corrected chi connectivity index (χ0v) is 16.5. The number of carbonyl (C=O) groups excluding carboxylic acids is 1. The standard InChI is InChI=1S/C19H19N3O3S2/c1-22(2)27(24,25)17-9-10-19(20-12-17)26-13-18(23)21-16-8-7-14-5-3-4-6-15(14)11-16/h3-12H,13H2,1-2H3,(H,21,23). The Labute approximate surface area is 162 Å². The number of thioether (sulfide) groups is 1. The van der Waals surface area contributed by atoms with Crippen molar-refractivity contribution in [2.24, 2.45) is 0 Å². The maximum absolute atomic E-state index is 12.2. The summed E-state index contributed by atoms with van der Waals surface area (Å²) in [6, 6.07) is 16.8. The number of sulfonamides is 1. The van der Waals surface area contributed by atoms with E-state index in [4.69, 9.17) is 0 Å². The van der Waals surface area contributed by atoms with Crippen molar-refractivity contribution >= 4 is 44.2 Å². The van der Waals surface area contributed by atoms with Crippen LogP contribution in [0.15, 0.2) is 70.7 Å². The first-order valence-electron chi connectivity index (χ1n) is 8.16. The van der Waals surface area contributed by atoms with E-state index in [9.17, 15) is 13.2 Å². The number of nitrogens with zero attached hydrogens (tertiary/aromatic N) is 2. The molecule has 0 fully saturated rings. The van der Waals surface area contributed by atoms with Crippen LogP contribution < -0.4 is 5.32 Å². The number of rotatable bonds is 6. The van der Waals surface area contributed by atoms with Gasteiger partial charge in [0.25, 0.3) is 0 Å². The van der Waals surface area contributed by atoms with Crippen LogP contribution in [-0.2, 0) is 14.8 Å². The highest BCUT2D eigenvalue weighted by molar-refractivity contribution is 7.99. The smallest absolute Gasteiger partial charge is 0.244 e. The summed E-state index contributed by atoms with van der Waals surface area (Å²) in [5.41, 5.74) is 0.736. The number of pyridine rings is 1. The molecule has 2 aromatic carbocycles. The number of amides is 1. The van der Waals surface area contributed by atoms with Crippen LogP contribution in [0.5, 0.6) is 0 Å². The fourth-order valence-corrected chi connectivity index (χ4v) is 3.91. The third kappa shape index (κ3) is 4.65. The number of hydrogen-bond acceptors (Lipinski definition) is 5. The van der Waals surface area contributed by atoms with Crippen molar-refractivity contribution in [2.45, 2.75) is 9.92 Å². The Morgan fingerprint density at radius 3 is 2.48 bits per heavy atom. The molecule has 0 saturated heterocycles. The molecule has 1 N–H and O–H groups in total. The van der Waals surface area contributed by atoms with Gasteiger partial charge in [0.05, 0.1) is 10.8 Å². The van der Waals surface area contributed by atoms with E-state index >= 15 is 0 Å². The zero-order valence-electron chi connectivity index (χ0n) is 14.9. The molecule has 1 heterocycles. The lowest BCUT2D eigenvalue weighted by Crippen LogP contribution is -2.22. The molecule has 3 rings (SSSR count). The molecular formula is C19H19N3O3S2. The summed E-state index contributed by atoms with van der Waals surface area (Å²) in [5.74, 6) is 0.0293. The first-order chi connectivity index (χ1) is 12.9. The second-order valence-electron chi connectivity index (χ2n) is 6.02. The highest BCUT2D eigenvalue weighted by Gasteiger charge is 2.17. The molecule has 1 aromatic heterocycles. The second kappa shape index (κ2) is 8.08. The molecule has 0 atom stereocenters. The van der Waals surface area contributed by atoms with Crippen LogP contribution in [-0.4, -0.2) is 43.5 Å². The van der Waals surface area contributed by atoms with Gasteiger partial charge in [-0.2, -0.15) is 0 Å². The molecular weight excluding hydrogens is 382 g/mol. The number of aromatic nitrogens is 1. The SMILES string of the molecule is CN(C)S(=O)(=O)c1ccc(SCC(=O)Nc2ccc3ccccc3c2)nc1. The van der Waals surface area contributed by atoms with Crippen molar-refractivity contribution < 1.29 is 13.2 Å². The van der Waals surface area contributed by atoms with Crippen LogP contribution in [0.1, 0.15) is 0 Å². The summed E-state index contributed by atoms with van der Waals surface area (Å²) in [5, 5.41) is 5.62. The maximum atomic E-state index is 12.2. The first kappa shape index (κ1) is 19.3. The Balaban J connectivity index is 1.60. The van der Waals surface area contributed by atoms with E-state index in [0.717, 1.165) is 20.8 Å². The van der Waals surface area contributed by atoms with Gasteiger partial charge in [-0.05, 0) is 35.0 Å². The Morgan fingerprint density at radius 1 is 1.07 bits per heavy atom. The monoisotopic (exact) mass is 401 g/mol. The Morgan fingerprint density at radius 2 is 1.81 bits per heavy atom. The molecule has 0 radical (unpaired) electrons. The molecule has 1 amide bonds. The van der Waals surface area contributed by atoms with E-state index in [0.29, 0.717) is 5.03 Å². The molecule has 6 nitrogen and oxygen atoms in total. The fourth-order valence-electron chi connectivity index (χ4n) is 2.42. The third-order valence-corrected chi connectivity index (χ3v) is 6.61. The van der Waals surface area contributed by atoms with Crippen LogP contribution in [0.4, 0.5) is 5.69 Å². The lowest BCUT2D eigenvalue weighted by Gasteiger charge is -2.11. The minimum atomic E-state index is -3.50. The number of benzene rings is 2. The average Bonchev–Trinajstić information content (AvgIpc) is 2.66. The van der Waals surface area contributed by atoms with Gasteiger partial charge < -0.3 is 5.32 Å². The Hall–Kier alpha value is -2.42. The summed E-state index contributed by atoms with van der Waals surface area (Å²) in [7, 11) is -0.567. The Kier molecular flexibility index (Phi) is 5.79. The number of anilines is 1. The predicted octanol–water partition coefficient (Wildman–Crippen LogP) is 3.22. The van der Waals surface area contributed by atoms with Crippen molar-refractivity contribution in [1.29, 1.82) is 0 Å². The second-order valence-corrected chi connectivity index (χ2v) is 9.17. The van der Waals surface area contributed by atoms with Gasteiger partial charge in [-0.3, -0.25) is 4.79 Å². The van der Waals surface area contributed by atoms with E-state index in [1.807, 2.05) is 42.5 Å². The lowest BCUT2D eigenvalue weighted by atomic mass is 10.1. The number of carbonyl (C=O) groups is 1. The first-order valence-corrected chi connectivity index (χ1v) is 10.6. The predicted molar refractivity (Wildman–Crippen MR) is 108 cm³/mol. The van der Waals surface area contributed by atoms with E-state index < -0.39 is 10.0 Å². The van der Waals surface area contributed by atoms with Gasteiger partial charge in [0.2, 0.25) is 15.9 Å². The summed E-state index contributed by atoms with van der Waals surface area (Å²) >= 11 is 1.25. The number of fused-ring (bicyclic) bond motifs is 1. The topological polar surface area (TPSA) is 79.4 Å². The van der Waals surface area contributed by atoms with Crippen LogP contribution in [0.3, 0.4) is 0 Å². The normalized spacial score (nSPS) is 11.7. The van der Waals surface area contributed by atoms with Gasteiger partial charge in [0.15, 0.2) is 0 Å². The average molecular weight is 402 g/mol. The zero-order chi connectivity index (χ0) is 19.4. The molecule has 0 aliphatic carbocycles. The van der Waals surface area contributed by atoms with Gasteiger partial charge >= 0.3 is 0 Å². The molecule has 0 unspecified atom stereocenters. The summed E-state index contributed by atoms with van der Waals surface area (Å²) in [6.07, 6.45) is 1.30. The molecule has 0 bridgehead atoms. The van der Waals surface area contributed by atoms with Crippen LogP contribution in [0.2, 0.25) is 0 Å². The molecule has 0 aliphatic heterocycles. The highest BCUT2D eigenvalue weighted by Crippen LogP contribution is 2.21. The lowest BCUT2D eigenvalue weighted by molar-refractivity contribution is -0.113. The highest BCUT2D eigenvalue weighted by atomic mass is 32.2. The summed E-state index contributed by atoms with van der Waals surface area (Å²) < 4.78 is 25.2. The number of hydrogen-bond donors (Lipinski definition) is 1. The van der Waals surface area contributed by atoms with Crippen molar-refractivity contribution in [2.75, 3.05) is 25.2 Å². The van der Waals surface area contributed by atoms with Crippen LogP contribution >= 0.6 is 11.8 Å². The molecule has 0 spiro atoms. The van der Waals surface area contributed by atoms with Crippen molar-refractivity contribution in [3.63, 3.8) is 0 Å². The molecule has 27 heavy (non-hydrogen) atoms. The van der Waals surface area contributed by atoms with Gasteiger partial charge in [-0.1, -0.05) is 42.1 Å². The van der Waals surface area contributed by atoms with Crippen molar-refractivity contribution in [3.05, 3.63) is 60.8 Å². The van der Waals surface area contributed by atoms with Gasteiger partial charge in [-0.25, -0.2) is 17.7 Å². The van der Waals surface area contributed by atoms with Crippen LogP contribution in [0.25, 0.3) is 10.8 Å².